The zero-order valence-corrected chi connectivity index (χ0v) is 14.1. The number of aryl methyl sites for hydroxylation is 1. The second-order valence-corrected chi connectivity index (χ2v) is 5.94. The summed E-state index contributed by atoms with van der Waals surface area (Å²) in [6.07, 6.45) is 2.71. The van der Waals surface area contributed by atoms with E-state index in [0.29, 0.717) is 38.5 Å². The Kier molecular flexibility index (Phi) is 5.97. The Morgan fingerprint density at radius 3 is 2.57 bits per heavy atom. The summed E-state index contributed by atoms with van der Waals surface area (Å²) in [6, 6.07) is 1.81. The van der Waals surface area contributed by atoms with E-state index < -0.39 is 0 Å². The molecule has 1 saturated heterocycles. The van der Waals surface area contributed by atoms with Gasteiger partial charge < -0.3 is 10.2 Å². The number of nitrogens with zero attached hydrogens (tertiary/aromatic N) is 4. The monoisotopic (exact) mass is 322 g/mol. The van der Waals surface area contributed by atoms with E-state index in [4.69, 9.17) is 0 Å². The van der Waals surface area contributed by atoms with Crippen LogP contribution in [-0.2, 0) is 11.8 Å². The van der Waals surface area contributed by atoms with E-state index in [1.54, 1.807) is 28.9 Å². The maximum Gasteiger partial charge on any atom is 0.323 e. The molecule has 1 unspecified atom stereocenters. The van der Waals surface area contributed by atoms with Gasteiger partial charge in [-0.2, -0.15) is 5.10 Å². The zero-order chi connectivity index (χ0) is 16.8. The third kappa shape index (κ3) is 5.24. The number of rotatable bonds is 5. The third-order valence-corrected chi connectivity index (χ3v) is 4.00. The highest BCUT2D eigenvalue weighted by Crippen LogP contribution is 2.06. The highest BCUT2D eigenvalue weighted by molar-refractivity contribution is 5.88. The second kappa shape index (κ2) is 7.96. The number of carbonyl (C=O) groups excluding carboxylic acids is 2. The van der Waals surface area contributed by atoms with Crippen molar-refractivity contribution in [1.29, 1.82) is 0 Å². The van der Waals surface area contributed by atoms with Crippen molar-refractivity contribution in [1.82, 2.24) is 24.9 Å². The molecule has 23 heavy (non-hydrogen) atoms. The van der Waals surface area contributed by atoms with Crippen molar-refractivity contribution in [2.75, 3.05) is 38.0 Å². The summed E-state index contributed by atoms with van der Waals surface area (Å²) in [7, 11) is 1.80. The van der Waals surface area contributed by atoms with E-state index in [0.717, 1.165) is 6.42 Å². The predicted octanol–water partition coefficient (Wildman–Crippen LogP) is 0.484. The summed E-state index contributed by atoms with van der Waals surface area (Å²) < 4.78 is 1.64. The maximum atomic E-state index is 12.2. The van der Waals surface area contributed by atoms with Gasteiger partial charge in [0.15, 0.2) is 5.82 Å². The molecule has 8 nitrogen and oxygen atoms in total. The number of hydrogen-bond acceptors (Lipinski definition) is 4. The molecule has 1 atom stereocenters. The van der Waals surface area contributed by atoms with Gasteiger partial charge in [0, 0.05) is 51.5 Å². The fourth-order valence-corrected chi connectivity index (χ4v) is 2.41. The van der Waals surface area contributed by atoms with Gasteiger partial charge in [-0.1, -0.05) is 6.92 Å². The number of urea groups is 1. The topological polar surface area (TPSA) is 82.5 Å². The van der Waals surface area contributed by atoms with Crippen LogP contribution >= 0.6 is 0 Å². The molecule has 8 heteroatoms. The van der Waals surface area contributed by atoms with Crippen LogP contribution in [0.3, 0.4) is 0 Å². The summed E-state index contributed by atoms with van der Waals surface area (Å²) in [5, 5.41) is 9.87. The first-order chi connectivity index (χ1) is 11.0. The Balaban J connectivity index is 1.73. The van der Waals surface area contributed by atoms with Crippen molar-refractivity contribution in [3.8, 4) is 0 Å². The van der Waals surface area contributed by atoms with E-state index >= 15 is 0 Å². The smallest absolute Gasteiger partial charge is 0.323 e. The minimum atomic E-state index is -0.146. The highest BCUT2D eigenvalue weighted by atomic mass is 16.2. The predicted molar refractivity (Wildman–Crippen MR) is 88.1 cm³/mol. The fourth-order valence-electron chi connectivity index (χ4n) is 2.41. The number of aromatic nitrogens is 2. The zero-order valence-electron chi connectivity index (χ0n) is 14.1. The lowest BCUT2D eigenvalue weighted by Crippen LogP contribution is -2.52. The Hall–Kier alpha value is -2.09. The minimum absolute atomic E-state index is 0.0470. The average Bonchev–Trinajstić information content (AvgIpc) is 2.92. The van der Waals surface area contributed by atoms with E-state index in [1.165, 1.54) is 0 Å². The highest BCUT2D eigenvalue weighted by Gasteiger charge is 2.23. The number of nitrogens with one attached hydrogen (secondary N) is 2. The average molecular weight is 322 g/mol. The molecule has 128 valence electrons. The van der Waals surface area contributed by atoms with Gasteiger partial charge >= 0.3 is 6.03 Å². The van der Waals surface area contributed by atoms with E-state index in [9.17, 15) is 9.59 Å². The molecule has 0 aliphatic carbocycles. The van der Waals surface area contributed by atoms with Crippen LogP contribution < -0.4 is 10.6 Å². The Bertz CT molecular complexity index is 536. The third-order valence-electron chi connectivity index (χ3n) is 4.00. The quantitative estimate of drug-likeness (QED) is 0.826. The van der Waals surface area contributed by atoms with Crippen molar-refractivity contribution in [3.05, 3.63) is 12.3 Å². The van der Waals surface area contributed by atoms with Crippen LogP contribution in [-0.4, -0.2) is 70.3 Å². The lowest BCUT2D eigenvalue weighted by atomic mass is 10.2. The van der Waals surface area contributed by atoms with Gasteiger partial charge in [0.1, 0.15) is 0 Å². The van der Waals surface area contributed by atoms with Crippen molar-refractivity contribution < 1.29 is 9.59 Å². The van der Waals surface area contributed by atoms with Crippen LogP contribution in [0, 0.1) is 0 Å². The summed E-state index contributed by atoms with van der Waals surface area (Å²) in [6.45, 7) is 7.04. The SMILES string of the molecule is CCC(C)NC(=O)CN1CCN(C(=O)Nc2ccn(C)n2)CC1. The normalized spacial score (nSPS) is 16.9. The first-order valence-electron chi connectivity index (χ1n) is 8.05. The summed E-state index contributed by atoms with van der Waals surface area (Å²) >= 11 is 0. The van der Waals surface area contributed by atoms with Crippen LogP contribution in [0.2, 0.25) is 0 Å². The van der Waals surface area contributed by atoms with Crippen LogP contribution in [0.5, 0.6) is 0 Å². The van der Waals surface area contributed by atoms with Gasteiger partial charge in [-0.05, 0) is 13.3 Å². The number of hydrogen-bond donors (Lipinski definition) is 2. The molecule has 1 aromatic rings. The van der Waals surface area contributed by atoms with Crippen molar-refractivity contribution in [2.24, 2.45) is 7.05 Å². The number of piperazine rings is 1. The second-order valence-electron chi connectivity index (χ2n) is 5.94. The molecule has 0 radical (unpaired) electrons. The Morgan fingerprint density at radius 1 is 1.30 bits per heavy atom. The number of anilines is 1. The van der Waals surface area contributed by atoms with Crippen molar-refractivity contribution in [2.45, 2.75) is 26.3 Å². The fraction of sp³-hybridized carbons (Fsp3) is 0.667. The van der Waals surface area contributed by atoms with Crippen molar-refractivity contribution >= 4 is 17.8 Å². The molecule has 2 heterocycles. The molecular weight excluding hydrogens is 296 g/mol. The molecule has 0 bridgehead atoms. The molecule has 3 amide bonds. The summed E-state index contributed by atoms with van der Waals surface area (Å²) in [5.74, 6) is 0.596. The van der Waals surface area contributed by atoms with Gasteiger partial charge in [0.05, 0.1) is 6.54 Å². The Labute approximate surface area is 136 Å². The Morgan fingerprint density at radius 2 is 2.00 bits per heavy atom. The first-order valence-corrected chi connectivity index (χ1v) is 8.05. The lowest BCUT2D eigenvalue weighted by molar-refractivity contribution is -0.123. The lowest BCUT2D eigenvalue weighted by Gasteiger charge is -2.34. The molecule has 1 fully saturated rings. The molecular formula is C15H26N6O2. The molecule has 2 N–H and O–H groups in total. The van der Waals surface area contributed by atoms with Gasteiger partial charge in [-0.15, -0.1) is 0 Å². The molecule has 2 rings (SSSR count). The van der Waals surface area contributed by atoms with E-state index in [1.807, 2.05) is 13.8 Å². The maximum absolute atomic E-state index is 12.2. The molecule has 1 aromatic heterocycles. The molecule has 0 spiro atoms. The van der Waals surface area contributed by atoms with Crippen LogP contribution in [0.4, 0.5) is 10.6 Å². The molecule has 0 aromatic carbocycles. The van der Waals surface area contributed by atoms with E-state index in [-0.39, 0.29) is 18.0 Å². The number of carbonyl (C=O) groups is 2. The summed E-state index contributed by atoms with van der Waals surface area (Å²) in [5.41, 5.74) is 0. The van der Waals surface area contributed by atoms with Gasteiger partial charge in [-0.3, -0.25) is 19.7 Å². The largest absolute Gasteiger partial charge is 0.353 e. The van der Waals surface area contributed by atoms with Crippen molar-refractivity contribution in [3.63, 3.8) is 0 Å². The molecule has 0 saturated carbocycles. The molecule has 1 aliphatic rings. The first kappa shape index (κ1) is 17.3. The minimum Gasteiger partial charge on any atom is -0.353 e. The van der Waals surface area contributed by atoms with Crippen LogP contribution in [0.1, 0.15) is 20.3 Å². The van der Waals surface area contributed by atoms with Gasteiger partial charge in [0.2, 0.25) is 5.91 Å². The summed E-state index contributed by atoms with van der Waals surface area (Å²) in [4.78, 5) is 27.9. The van der Waals surface area contributed by atoms with E-state index in [2.05, 4.69) is 20.6 Å². The standard InChI is InChI=1S/C15H26N6O2/c1-4-12(2)16-14(22)11-20-7-9-21(10-8-20)15(23)17-13-5-6-19(3)18-13/h5-6,12H,4,7-11H2,1-3H3,(H,16,22)(H,17,18,23). The van der Waals surface area contributed by atoms with Gasteiger partial charge in [-0.25, -0.2) is 4.79 Å². The molecule has 1 aliphatic heterocycles. The van der Waals surface area contributed by atoms with Gasteiger partial charge in [0.25, 0.3) is 0 Å². The van der Waals surface area contributed by atoms with Crippen LogP contribution in [0.25, 0.3) is 0 Å². The van der Waals surface area contributed by atoms with Crippen LogP contribution in [0.15, 0.2) is 12.3 Å². The number of amides is 3.